The molecule has 0 aliphatic rings. The second kappa shape index (κ2) is 4.26. The molecule has 1 amide bonds. The van der Waals surface area contributed by atoms with Gasteiger partial charge in [-0.2, -0.15) is 0 Å². The molecule has 0 aromatic carbocycles. The predicted molar refractivity (Wildman–Crippen MR) is 37.5 cm³/mol. The molecule has 0 bridgehead atoms. The summed E-state index contributed by atoms with van der Waals surface area (Å²) in [5, 5.41) is 5.23. The smallest absolute Gasteiger partial charge is 0.332 e. The molecule has 6 nitrogen and oxygen atoms in total. The van der Waals surface area contributed by atoms with Crippen LogP contribution in [0.3, 0.4) is 0 Å². The first kappa shape index (κ1) is 9.41. The van der Waals surface area contributed by atoms with E-state index < -0.39 is 11.9 Å². The summed E-state index contributed by atoms with van der Waals surface area (Å²) in [4.78, 5) is 24.8. The van der Waals surface area contributed by atoms with Crippen molar-refractivity contribution >= 4 is 17.7 Å². The van der Waals surface area contributed by atoms with Gasteiger partial charge in [-0.05, 0) is 0 Å². The van der Waals surface area contributed by atoms with Gasteiger partial charge in [-0.3, -0.25) is 4.79 Å². The number of nitrogens with two attached hydrogens (primary N) is 1. The summed E-state index contributed by atoms with van der Waals surface area (Å²) in [6, 6.07) is 0. The van der Waals surface area contributed by atoms with E-state index in [1.54, 1.807) is 0 Å². The molecule has 0 saturated carbocycles. The highest BCUT2D eigenvalue weighted by atomic mass is 16.7. The molecule has 11 heavy (non-hydrogen) atoms. The number of rotatable bonds is 1. The Morgan fingerprint density at radius 3 is 2.45 bits per heavy atom. The zero-order valence-electron chi connectivity index (χ0n) is 6.25. The molecule has 0 atom stereocenters. The maximum absolute atomic E-state index is 10.6. The van der Waals surface area contributed by atoms with Gasteiger partial charge < -0.3 is 15.9 Å². The van der Waals surface area contributed by atoms with E-state index in [4.69, 9.17) is 5.73 Å². The van der Waals surface area contributed by atoms with Crippen molar-refractivity contribution < 1.29 is 14.4 Å². The van der Waals surface area contributed by atoms with Crippen LogP contribution < -0.4 is 11.1 Å². The molecule has 0 aromatic rings. The van der Waals surface area contributed by atoms with Gasteiger partial charge >= 0.3 is 5.97 Å². The fraction of sp³-hybridized carbons (Fsp3) is 0.400. The average molecular weight is 159 g/mol. The van der Waals surface area contributed by atoms with Gasteiger partial charge in [0.05, 0.1) is 0 Å². The van der Waals surface area contributed by atoms with Crippen LogP contribution in [-0.4, -0.2) is 24.8 Å². The summed E-state index contributed by atoms with van der Waals surface area (Å²) in [6.45, 7) is 1.15. The summed E-state index contributed by atoms with van der Waals surface area (Å²) < 4.78 is 0. The summed E-state index contributed by atoms with van der Waals surface area (Å²) in [7, 11) is 1.39. The molecule has 0 aliphatic heterocycles. The largest absolute Gasteiger partial charge is 0.376 e. The highest BCUT2D eigenvalue weighted by Gasteiger charge is 2.03. The maximum Gasteiger partial charge on any atom is 0.332 e. The number of nitrogens with one attached hydrogen (secondary N) is 1. The zero-order chi connectivity index (χ0) is 8.85. The first-order valence-electron chi connectivity index (χ1n) is 2.81. The van der Waals surface area contributed by atoms with Crippen molar-refractivity contribution in [2.24, 2.45) is 10.9 Å². The summed E-state index contributed by atoms with van der Waals surface area (Å²) in [5.41, 5.74) is 5.04. The molecule has 62 valence electrons. The number of likely N-dealkylation sites (N-methyl/N-ethyl adjacent to an activating group) is 1. The Balaban J connectivity index is 4.00. The number of amides is 1. The van der Waals surface area contributed by atoms with E-state index in [2.05, 4.69) is 15.3 Å². The summed E-state index contributed by atoms with van der Waals surface area (Å²) in [6.07, 6.45) is 0. The maximum atomic E-state index is 10.6. The first-order chi connectivity index (χ1) is 5.07. The molecule has 0 heterocycles. The molecule has 0 rings (SSSR count). The Kier molecular flexibility index (Phi) is 3.65. The molecule has 0 unspecified atom stereocenters. The topological polar surface area (TPSA) is 93.8 Å². The van der Waals surface area contributed by atoms with Crippen molar-refractivity contribution in [3.05, 3.63) is 0 Å². The highest BCUT2D eigenvalue weighted by molar-refractivity contribution is 6.37. The van der Waals surface area contributed by atoms with E-state index in [9.17, 15) is 9.59 Å². The van der Waals surface area contributed by atoms with E-state index >= 15 is 0 Å². The molecule has 0 radical (unpaired) electrons. The van der Waals surface area contributed by atoms with Crippen LogP contribution in [0.5, 0.6) is 0 Å². The van der Waals surface area contributed by atoms with Crippen LogP contribution in [0, 0.1) is 0 Å². The minimum Gasteiger partial charge on any atom is -0.376 e. The molecule has 6 heteroatoms. The quantitative estimate of drug-likeness (QED) is 0.212. The minimum atomic E-state index is -0.628. The van der Waals surface area contributed by atoms with Crippen molar-refractivity contribution in [1.82, 2.24) is 5.32 Å². The van der Waals surface area contributed by atoms with Crippen LogP contribution in [0.4, 0.5) is 0 Å². The first-order valence-corrected chi connectivity index (χ1v) is 2.81. The van der Waals surface area contributed by atoms with Crippen molar-refractivity contribution in [2.45, 2.75) is 6.92 Å². The fourth-order valence-electron chi connectivity index (χ4n) is 0.283. The summed E-state index contributed by atoms with van der Waals surface area (Å²) >= 11 is 0. The van der Waals surface area contributed by atoms with E-state index in [1.807, 2.05) is 0 Å². The number of carbonyl (C=O) groups is 2. The summed E-state index contributed by atoms with van der Waals surface area (Å²) in [5.74, 6) is -1.61. The third-order valence-electron chi connectivity index (χ3n) is 0.732. The van der Waals surface area contributed by atoms with Gasteiger partial charge in [0.1, 0.15) is 0 Å². The number of hydrogen-bond donors (Lipinski definition) is 2. The third kappa shape index (κ3) is 3.90. The normalized spacial score (nSPS) is 10.5. The molecule has 0 saturated heterocycles. The predicted octanol–water partition coefficient (Wildman–Crippen LogP) is -1.43. The fourth-order valence-corrected chi connectivity index (χ4v) is 0.283. The number of nitrogens with zero attached hydrogens (tertiary/aromatic N) is 1. The van der Waals surface area contributed by atoms with Crippen LogP contribution >= 0.6 is 0 Å². The van der Waals surface area contributed by atoms with Crippen LogP contribution in [0.1, 0.15) is 6.92 Å². The molecule has 3 N–H and O–H groups in total. The van der Waals surface area contributed by atoms with Gasteiger partial charge in [0.25, 0.3) is 5.91 Å². The molecular weight excluding hydrogens is 150 g/mol. The van der Waals surface area contributed by atoms with Gasteiger partial charge in [0.15, 0.2) is 0 Å². The molecule has 0 aromatic heterocycles. The van der Waals surface area contributed by atoms with Crippen LogP contribution in [-0.2, 0) is 14.4 Å². The Bertz CT molecular complexity index is 199. The van der Waals surface area contributed by atoms with E-state index in [0.717, 1.165) is 6.92 Å². The second-order valence-corrected chi connectivity index (χ2v) is 1.64. The number of carbonyl (C=O) groups excluding carboxylic acids is 2. The molecule has 0 spiro atoms. The minimum absolute atomic E-state index is 0.386. The molecular formula is C5H9N3O3. The van der Waals surface area contributed by atoms with Crippen molar-refractivity contribution in [1.29, 1.82) is 0 Å². The highest BCUT2D eigenvalue weighted by Crippen LogP contribution is 1.77. The zero-order valence-corrected chi connectivity index (χ0v) is 6.25. The lowest BCUT2D eigenvalue weighted by Crippen LogP contribution is -2.34. The SMILES string of the molecule is CNC(=O)/C(N)=N/OC(C)=O. The van der Waals surface area contributed by atoms with Crippen LogP contribution in [0.25, 0.3) is 0 Å². The van der Waals surface area contributed by atoms with E-state index in [0.29, 0.717) is 0 Å². The monoisotopic (exact) mass is 159 g/mol. The van der Waals surface area contributed by atoms with Gasteiger partial charge in [0, 0.05) is 14.0 Å². The van der Waals surface area contributed by atoms with Crippen molar-refractivity contribution in [2.75, 3.05) is 7.05 Å². The van der Waals surface area contributed by atoms with Gasteiger partial charge in [-0.1, -0.05) is 5.16 Å². The standard InChI is InChI=1S/C5H9N3O3/c1-3(9)11-8-4(6)5(10)7-2/h1-2H3,(H2,6,8)(H,7,10). The second-order valence-electron chi connectivity index (χ2n) is 1.64. The third-order valence-corrected chi connectivity index (χ3v) is 0.732. The Hall–Kier alpha value is -1.59. The van der Waals surface area contributed by atoms with Crippen LogP contribution in [0.15, 0.2) is 5.16 Å². The Morgan fingerprint density at radius 2 is 2.09 bits per heavy atom. The van der Waals surface area contributed by atoms with Crippen molar-refractivity contribution in [3.8, 4) is 0 Å². The lowest BCUT2D eigenvalue weighted by atomic mass is 10.6. The Labute approximate surface area is 63.4 Å². The molecule has 0 aliphatic carbocycles. The Morgan fingerprint density at radius 1 is 1.55 bits per heavy atom. The van der Waals surface area contributed by atoms with E-state index in [-0.39, 0.29) is 5.84 Å². The lowest BCUT2D eigenvalue weighted by molar-refractivity contribution is -0.140. The average Bonchev–Trinajstić information content (AvgIpc) is 1.98. The number of oxime groups is 1. The van der Waals surface area contributed by atoms with Gasteiger partial charge in [-0.15, -0.1) is 0 Å². The lowest BCUT2D eigenvalue weighted by Gasteiger charge is -1.95. The van der Waals surface area contributed by atoms with Gasteiger partial charge in [0.2, 0.25) is 5.84 Å². The molecule has 0 fully saturated rings. The number of amidine groups is 1. The van der Waals surface area contributed by atoms with E-state index in [1.165, 1.54) is 7.05 Å². The van der Waals surface area contributed by atoms with Crippen molar-refractivity contribution in [3.63, 3.8) is 0 Å². The van der Waals surface area contributed by atoms with Gasteiger partial charge in [-0.25, -0.2) is 4.79 Å². The van der Waals surface area contributed by atoms with Crippen LogP contribution in [0.2, 0.25) is 0 Å². The number of hydrogen-bond acceptors (Lipinski definition) is 4.